The highest BCUT2D eigenvalue weighted by Gasteiger charge is 2.37. The molecule has 0 radical (unpaired) electrons. The van der Waals surface area contributed by atoms with Gasteiger partial charge in [-0.1, -0.05) is 24.3 Å². The Morgan fingerprint density at radius 1 is 1.19 bits per heavy atom. The quantitative estimate of drug-likeness (QED) is 0.849. The summed E-state index contributed by atoms with van der Waals surface area (Å²) in [5.74, 6) is 0. The summed E-state index contributed by atoms with van der Waals surface area (Å²) in [7, 11) is 0. The summed E-state index contributed by atoms with van der Waals surface area (Å²) in [6.45, 7) is 0. The Kier molecular flexibility index (Phi) is 2.18. The highest BCUT2D eigenvalue weighted by atomic mass is 14.8. The van der Waals surface area contributed by atoms with Gasteiger partial charge in [-0.2, -0.15) is 0 Å². The van der Waals surface area contributed by atoms with Crippen LogP contribution in [0, 0.1) is 0 Å². The Morgan fingerprint density at radius 3 is 2.69 bits per heavy atom. The summed E-state index contributed by atoms with van der Waals surface area (Å²) in [6.07, 6.45) is 6.39. The van der Waals surface area contributed by atoms with E-state index in [1.807, 2.05) is 12.3 Å². The van der Waals surface area contributed by atoms with Crippen LogP contribution in [0.25, 0.3) is 10.8 Å². The zero-order valence-corrected chi connectivity index (χ0v) is 9.32. The summed E-state index contributed by atoms with van der Waals surface area (Å²) < 4.78 is 0. The molecule has 2 aromatic rings. The van der Waals surface area contributed by atoms with E-state index < -0.39 is 0 Å². The van der Waals surface area contributed by atoms with Crippen molar-refractivity contribution in [2.75, 3.05) is 0 Å². The van der Waals surface area contributed by atoms with Gasteiger partial charge in [-0.15, -0.1) is 0 Å². The smallest absolute Gasteiger partial charge is 0.0410 e. The average Bonchev–Trinajstić information content (AvgIpc) is 3.05. The first-order chi connectivity index (χ1) is 7.75. The Morgan fingerprint density at radius 2 is 1.94 bits per heavy atom. The second-order valence-corrected chi connectivity index (χ2v) is 4.89. The van der Waals surface area contributed by atoms with Crippen molar-refractivity contribution in [2.24, 2.45) is 5.73 Å². The molecule has 0 saturated heterocycles. The van der Waals surface area contributed by atoms with Gasteiger partial charge in [0.05, 0.1) is 0 Å². The van der Waals surface area contributed by atoms with E-state index in [1.165, 1.54) is 23.6 Å². The minimum atomic E-state index is 0.132. The maximum atomic E-state index is 6.08. The van der Waals surface area contributed by atoms with Crippen LogP contribution in [-0.2, 0) is 6.42 Å². The van der Waals surface area contributed by atoms with Crippen LogP contribution < -0.4 is 5.73 Å². The van der Waals surface area contributed by atoms with Crippen LogP contribution in [0.5, 0.6) is 0 Å². The fourth-order valence-corrected chi connectivity index (χ4v) is 2.05. The van der Waals surface area contributed by atoms with Crippen LogP contribution >= 0.6 is 0 Å². The summed E-state index contributed by atoms with van der Waals surface area (Å²) >= 11 is 0. The predicted octanol–water partition coefficient (Wildman–Crippen LogP) is 2.66. The van der Waals surface area contributed by atoms with Crippen LogP contribution in [-0.4, -0.2) is 10.5 Å². The van der Waals surface area contributed by atoms with Gasteiger partial charge in [0.15, 0.2) is 0 Å². The highest BCUT2D eigenvalue weighted by molar-refractivity contribution is 5.81. The number of nitrogens with two attached hydrogens (primary N) is 1. The molecule has 0 unspecified atom stereocenters. The standard InChI is InChI=1S/C14H16N2/c15-14(7-8-14)6-5-13-9-11-3-1-2-4-12(11)10-16-13/h1-4,9-10H,5-8,15H2. The van der Waals surface area contributed by atoms with Crippen molar-refractivity contribution in [3.63, 3.8) is 0 Å². The van der Waals surface area contributed by atoms with E-state index >= 15 is 0 Å². The third-order valence-electron chi connectivity index (χ3n) is 3.46. The van der Waals surface area contributed by atoms with Crippen molar-refractivity contribution < 1.29 is 0 Å². The number of aromatic nitrogens is 1. The SMILES string of the molecule is NC1(CCc2cc3ccccc3cn2)CC1. The summed E-state index contributed by atoms with van der Waals surface area (Å²) in [4.78, 5) is 4.48. The molecule has 1 aliphatic rings. The molecule has 2 nitrogen and oxygen atoms in total. The van der Waals surface area contributed by atoms with Crippen molar-refractivity contribution in [1.82, 2.24) is 4.98 Å². The van der Waals surface area contributed by atoms with E-state index in [9.17, 15) is 0 Å². The van der Waals surface area contributed by atoms with Crippen molar-refractivity contribution in [2.45, 2.75) is 31.2 Å². The fourth-order valence-electron chi connectivity index (χ4n) is 2.05. The highest BCUT2D eigenvalue weighted by Crippen LogP contribution is 2.36. The lowest BCUT2D eigenvalue weighted by atomic mass is 10.1. The van der Waals surface area contributed by atoms with Crippen LogP contribution in [0.4, 0.5) is 0 Å². The number of hydrogen-bond donors (Lipinski definition) is 1. The number of pyridine rings is 1. The molecule has 1 aliphatic carbocycles. The Balaban J connectivity index is 1.81. The summed E-state index contributed by atoms with van der Waals surface area (Å²) in [5.41, 5.74) is 7.37. The van der Waals surface area contributed by atoms with E-state index in [4.69, 9.17) is 5.73 Å². The molecule has 0 atom stereocenters. The molecule has 0 aliphatic heterocycles. The number of rotatable bonds is 3. The van der Waals surface area contributed by atoms with Gasteiger partial charge >= 0.3 is 0 Å². The van der Waals surface area contributed by atoms with Gasteiger partial charge in [-0.25, -0.2) is 0 Å². The Labute approximate surface area is 95.5 Å². The molecule has 1 aromatic carbocycles. The molecule has 82 valence electrons. The van der Waals surface area contributed by atoms with Crippen LogP contribution in [0.1, 0.15) is 25.0 Å². The maximum Gasteiger partial charge on any atom is 0.0410 e. The van der Waals surface area contributed by atoms with Crippen LogP contribution in [0.15, 0.2) is 36.5 Å². The van der Waals surface area contributed by atoms with E-state index in [1.54, 1.807) is 0 Å². The monoisotopic (exact) mass is 212 g/mol. The zero-order valence-electron chi connectivity index (χ0n) is 9.32. The van der Waals surface area contributed by atoms with E-state index in [-0.39, 0.29) is 5.54 Å². The lowest BCUT2D eigenvalue weighted by Crippen LogP contribution is -2.22. The summed E-state index contributed by atoms with van der Waals surface area (Å²) in [6, 6.07) is 10.5. The van der Waals surface area contributed by atoms with Crippen LogP contribution in [0.3, 0.4) is 0 Å². The second kappa shape index (κ2) is 3.56. The van der Waals surface area contributed by atoms with Gasteiger partial charge in [-0.05, 0) is 37.1 Å². The average molecular weight is 212 g/mol. The zero-order chi connectivity index (χ0) is 11.0. The minimum Gasteiger partial charge on any atom is -0.325 e. The lowest BCUT2D eigenvalue weighted by molar-refractivity contribution is 0.604. The van der Waals surface area contributed by atoms with Gasteiger partial charge in [-0.3, -0.25) is 4.98 Å². The van der Waals surface area contributed by atoms with E-state index in [0.29, 0.717) is 0 Å². The third-order valence-corrected chi connectivity index (χ3v) is 3.46. The van der Waals surface area contributed by atoms with Crippen molar-refractivity contribution in [1.29, 1.82) is 0 Å². The van der Waals surface area contributed by atoms with Gasteiger partial charge in [0.2, 0.25) is 0 Å². The lowest BCUT2D eigenvalue weighted by Gasteiger charge is -2.07. The van der Waals surface area contributed by atoms with Gasteiger partial charge in [0.25, 0.3) is 0 Å². The number of benzene rings is 1. The Bertz CT molecular complexity index is 515. The van der Waals surface area contributed by atoms with Crippen molar-refractivity contribution >= 4 is 10.8 Å². The first-order valence-corrected chi connectivity index (χ1v) is 5.88. The van der Waals surface area contributed by atoms with E-state index in [0.717, 1.165) is 18.5 Å². The van der Waals surface area contributed by atoms with Gasteiger partial charge in [0, 0.05) is 22.8 Å². The minimum absolute atomic E-state index is 0.132. The first-order valence-electron chi connectivity index (χ1n) is 5.88. The molecule has 1 saturated carbocycles. The molecule has 16 heavy (non-hydrogen) atoms. The van der Waals surface area contributed by atoms with Crippen molar-refractivity contribution in [3.05, 3.63) is 42.2 Å². The van der Waals surface area contributed by atoms with Gasteiger partial charge in [0.1, 0.15) is 0 Å². The molecular formula is C14H16N2. The summed E-state index contributed by atoms with van der Waals surface area (Å²) in [5, 5.41) is 2.48. The fraction of sp³-hybridized carbons (Fsp3) is 0.357. The maximum absolute atomic E-state index is 6.08. The number of fused-ring (bicyclic) bond motifs is 1. The number of hydrogen-bond acceptors (Lipinski definition) is 2. The predicted molar refractivity (Wildman–Crippen MR) is 66.2 cm³/mol. The molecule has 2 heteroatoms. The molecular weight excluding hydrogens is 196 g/mol. The molecule has 1 aromatic heterocycles. The first kappa shape index (κ1) is 9.79. The molecule has 0 amide bonds. The normalized spacial score (nSPS) is 17.6. The largest absolute Gasteiger partial charge is 0.325 e. The number of nitrogens with zero attached hydrogens (tertiary/aromatic N) is 1. The number of aryl methyl sites for hydroxylation is 1. The van der Waals surface area contributed by atoms with E-state index in [2.05, 4.69) is 29.2 Å². The molecule has 2 N–H and O–H groups in total. The molecule has 0 spiro atoms. The van der Waals surface area contributed by atoms with Crippen LogP contribution in [0.2, 0.25) is 0 Å². The van der Waals surface area contributed by atoms with Gasteiger partial charge < -0.3 is 5.73 Å². The second-order valence-electron chi connectivity index (χ2n) is 4.89. The molecule has 3 rings (SSSR count). The Hall–Kier alpha value is -1.41. The molecule has 1 fully saturated rings. The topological polar surface area (TPSA) is 38.9 Å². The van der Waals surface area contributed by atoms with Crippen molar-refractivity contribution in [3.8, 4) is 0 Å². The molecule has 1 heterocycles. The third kappa shape index (κ3) is 1.93. The molecule has 0 bridgehead atoms.